The van der Waals surface area contributed by atoms with Crippen molar-refractivity contribution in [2.75, 3.05) is 6.54 Å². The highest BCUT2D eigenvalue weighted by molar-refractivity contribution is 6.21. The number of imide groups is 1. The van der Waals surface area contributed by atoms with E-state index < -0.39 is 5.97 Å². The van der Waals surface area contributed by atoms with E-state index in [0.29, 0.717) is 34.7 Å². The van der Waals surface area contributed by atoms with Gasteiger partial charge in [0.15, 0.2) is 5.69 Å². The number of benzene rings is 2. The van der Waals surface area contributed by atoms with Gasteiger partial charge >= 0.3 is 5.97 Å². The number of amides is 2. The van der Waals surface area contributed by atoms with Gasteiger partial charge in [-0.15, -0.1) is 0 Å². The molecule has 0 radical (unpaired) electrons. The molecule has 0 spiro atoms. The molecule has 2 amide bonds. The monoisotopic (exact) mass is 391 g/mol. The maximum Gasteiger partial charge on any atom is 0.357 e. The summed E-state index contributed by atoms with van der Waals surface area (Å²) in [6, 6.07) is 13.1. The van der Waals surface area contributed by atoms with Crippen LogP contribution < -0.4 is 5.56 Å². The van der Waals surface area contributed by atoms with Crippen molar-refractivity contribution in [3.63, 3.8) is 0 Å². The SMILES string of the molecule is O=C(O)c1nn(CCCCN2C(=O)c3ccccc3C2=O)c(=O)c2ccccc12. The van der Waals surface area contributed by atoms with Gasteiger partial charge in [-0.25, -0.2) is 9.48 Å². The molecule has 2 aromatic carbocycles. The molecule has 1 N–H and O–H groups in total. The Hall–Kier alpha value is -3.81. The van der Waals surface area contributed by atoms with E-state index in [0.717, 1.165) is 4.68 Å². The summed E-state index contributed by atoms with van der Waals surface area (Å²) < 4.78 is 1.13. The second-order valence-corrected chi connectivity index (χ2v) is 6.74. The van der Waals surface area contributed by atoms with Crippen molar-refractivity contribution in [1.29, 1.82) is 0 Å². The number of aromatic carboxylic acids is 1. The zero-order chi connectivity index (χ0) is 20.5. The highest BCUT2D eigenvalue weighted by Gasteiger charge is 2.34. The Morgan fingerprint density at radius 2 is 1.38 bits per heavy atom. The average molecular weight is 391 g/mol. The molecule has 29 heavy (non-hydrogen) atoms. The van der Waals surface area contributed by atoms with Crippen molar-refractivity contribution in [2.24, 2.45) is 0 Å². The van der Waals surface area contributed by atoms with Crippen molar-refractivity contribution in [3.05, 3.63) is 75.7 Å². The number of carbonyl (C=O) groups excluding carboxylic acids is 2. The van der Waals surface area contributed by atoms with E-state index in [-0.39, 0.29) is 36.2 Å². The van der Waals surface area contributed by atoms with Crippen molar-refractivity contribution >= 4 is 28.6 Å². The highest BCUT2D eigenvalue weighted by Crippen LogP contribution is 2.22. The van der Waals surface area contributed by atoms with Crippen LogP contribution in [0.2, 0.25) is 0 Å². The smallest absolute Gasteiger partial charge is 0.357 e. The van der Waals surface area contributed by atoms with Crippen LogP contribution in [0, 0.1) is 0 Å². The van der Waals surface area contributed by atoms with Crippen LogP contribution >= 0.6 is 0 Å². The van der Waals surface area contributed by atoms with Gasteiger partial charge in [0.05, 0.1) is 16.5 Å². The van der Waals surface area contributed by atoms with Crippen LogP contribution in [0.5, 0.6) is 0 Å². The van der Waals surface area contributed by atoms with Crippen LogP contribution in [0.1, 0.15) is 44.0 Å². The molecule has 1 aromatic heterocycles. The summed E-state index contributed by atoms with van der Waals surface area (Å²) in [4.78, 5) is 50.0. The number of aryl methyl sites for hydroxylation is 1. The maximum absolute atomic E-state index is 12.6. The van der Waals surface area contributed by atoms with Gasteiger partial charge in [-0.1, -0.05) is 30.3 Å². The van der Waals surface area contributed by atoms with Crippen LogP contribution in [0.3, 0.4) is 0 Å². The molecule has 0 bridgehead atoms. The minimum Gasteiger partial charge on any atom is -0.476 e. The van der Waals surface area contributed by atoms with Gasteiger partial charge in [0.25, 0.3) is 17.4 Å². The van der Waals surface area contributed by atoms with Gasteiger partial charge in [-0.2, -0.15) is 5.10 Å². The van der Waals surface area contributed by atoms with Crippen molar-refractivity contribution in [1.82, 2.24) is 14.7 Å². The molecule has 2 heterocycles. The second-order valence-electron chi connectivity index (χ2n) is 6.74. The van der Waals surface area contributed by atoms with Crippen molar-refractivity contribution in [2.45, 2.75) is 19.4 Å². The third-order valence-corrected chi connectivity index (χ3v) is 4.95. The van der Waals surface area contributed by atoms with E-state index in [1.807, 2.05) is 0 Å². The predicted octanol–water partition coefficient (Wildman–Crippen LogP) is 2.17. The molecule has 0 unspecified atom stereocenters. The van der Waals surface area contributed by atoms with Gasteiger partial charge in [0, 0.05) is 18.5 Å². The molecule has 8 heteroatoms. The topological polar surface area (TPSA) is 110 Å². The van der Waals surface area contributed by atoms with Crippen molar-refractivity contribution < 1.29 is 19.5 Å². The lowest BCUT2D eigenvalue weighted by atomic mass is 10.1. The molecular formula is C21H17N3O5. The van der Waals surface area contributed by atoms with E-state index in [1.165, 1.54) is 4.90 Å². The van der Waals surface area contributed by atoms with Crippen molar-refractivity contribution in [3.8, 4) is 0 Å². The minimum absolute atomic E-state index is 0.180. The normalized spacial score (nSPS) is 13.2. The number of hydrogen-bond acceptors (Lipinski definition) is 5. The van der Waals surface area contributed by atoms with Gasteiger partial charge < -0.3 is 5.11 Å². The van der Waals surface area contributed by atoms with Crippen LogP contribution in [-0.2, 0) is 6.54 Å². The summed E-state index contributed by atoms with van der Waals surface area (Å²) in [5, 5.41) is 14.0. The molecule has 146 valence electrons. The van der Waals surface area contributed by atoms with Gasteiger partial charge in [0.2, 0.25) is 0 Å². The zero-order valence-corrected chi connectivity index (χ0v) is 15.4. The lowest BCUT2D eigenvalue weighted by Crippen LogP contribution is -2.31. The number of hydrogen-bond donors (Lipinski definition) is 1. The largest absolute Gasteiger partial charge is 0.476 e. The summed E-state index contributed by atoms with van der Waals surface area (Å²) in [5.41, 5.74) is 0.249. The van der Waals surface area contributed by atoms with Gasteiger partial charge in [-0.3, -0.25) is 19.3 Å². The Bertz CT molecular complexity index is 1180. The number of aromatic nitrogens is 2. The Labute approximate surface area is 165 Å². The molecule has 0 saturated carbocycles. The quantitative estimate of drug-likeness (QED) is 0.509. The summed E-state index contributed by atoms with van der Waals surface area (Å²) in [6.45, 7) is 0.410. The lowest BCUT2D eigenvalue weighted by Gasteiger charge is -2.14. The number of fused-ring (bicyclic) bond motifs is 2. The molecule has 1 aliphatic rings. The van der Waals surface area contributed by atoms with Crippen LogP contribution in [0.4, 0.5) is 0 Å². The number of rotatable bonds is 6. The number of unbranched alkanes of at least 4 members (excludes halogenated alkanes) is 1. The molecule has 0 saturated heterocycles. The summed E-state index contributed by atoms with van der Waals surface area (Å²) in [5.74, 6) is -1.85. The number of carboxylic acid groups (broad SMARTS) is 1. The first-order valence-electron chi connectivity index (χ1n) is 9.17. The third kappa shape index (κ3) is 3.18. The molecule has 0 atom stereocenters. The Balaban J connectivity index is 1.47. The fraction of sp³-hybridized carbons (Fsp3) is 0.190. The Morgan fingerprint density at radius 3 is 2.00 bits per heavy atom. The van der Waals surface area contributed by atoms with E-state index in [9.17, 15) is 24.3 Å². The molecule has 0 aliphatic carbocycles. The second kappa shape index (κ2) is 7.31. The molecule has 8 nitrogen and oxygen atoms in total. The number of nitrogens with zero attached hydrogens (tertiary/aromatic N) is 3. The summed E-state index contributed by atoms with van der Waals surface area (Å²) in [7, 11) is 0. The molecule has 3 aromatic rings. The fourth-order valence-corrected chi connectivity index (χ4v) is 3.52. The standard InChI is InChI=1S/C21H17N3O5/c25-18-15-9-3-4-10-16(15)19(26)23(18)11-5-6-12-24-20(27)14-8-2-1-7-13(14)17(22-24)21(28)29/h1-4,7-10H,5-6,11-12H2,(H,28,29). The Morgan fingerprint density at radius 1 is 0.828 bits per heavy atom. The maximum atomic E-state index is 12.6. The van der Waals surface area contributed by atoms with Gasteiger partial charge in [0.1, 0.15) is 0 Å². The average Bonchev–Trinajstić information content (AvgIpc) is 2.97. The number of carboxylic acids is 1. The van der Waals surface area contributed by atoms with Crippen LogP contribution in [0.25, 0.3) is 10.8 Å². The lowest BCUT2D eigenvalue weighted by molar-refractivity contribution is 0.0646. The van der Waals surface area contributed by atoms with Crippen LogP contribution in [-0.4, -0.2) is 44.1 Å². The summed E-state index contributed by atoms with van der Waals surface area (Å²) >= 11 is 0. The third-order valence-electron chi connectivity index (χ3n) is 4.95. The molecular weight excluding hydrogens is 374 g/mol. The Kier molecular flexibility index (Phi) is 4.67. The first-order chi connectivity index (χ1) is 14.0. The predicted molar refractivity (Wildman–Crippen MR) is 104 cm³/mol. The molecule has 1 aliphatic heterocycles. The summed E-state index contributed by atoms with van der Waals surface area (Å²) in [6.07, 6.45) is 0.923. The minimum atomic E-state index is -1.21. The van der Waals surface area contributed by atoms with E-state index in [4.69, 9.17) is 0 Å². The fourth-order valence-electron chi connectivity index (χ4n) is 3.52. The molecule has 4 rings (SSSR count). The zero-order valence-electron chi connectivity index (χ0n) is 15.4. The van der Waals surface area contributed by atoms with Gasteiger partial charge in [-0.05, 0) is 31.0 Å². The first-order valence-corrected chi connectivity index (χ1v) is 9.17. The van der Waals surface area contributed by atoms with E-state index >= 15 is 0 Å². The number of carbonyl (C=O) groups is 3. The van der Waals surface area contributed by atoms with Crippen LogP contribution in [0.15, 0.2) is 53.3 Å². The van der Waals surface area contributed by atoms with E-state index in [1.54, 1.807) is 48.5 Å². The van der Waals surface area contributed by atoms with E-state index in [2.05, 4.69) is 5.10 Å². The first kappa shape index (κ1) is 18.5. The molecule has 0 fully saturated rings. The highest BCUT2D eigenvalue weighted by atomic mass is 16.4.